The molecule has 0 spiro atoms. The molecule has 0 fully saturated rings. The van der Waals surface area contributed by atoms with Crippen LogP contribution in [0.3, 0.4) is 0 Å². The predicted molar refractivity (Wildman–Crippen MR) is 117 cm³/mol. The number of benzene rings is 2. The molecular formula is C22H18F6N4O4S. The predicted octanol–water partition coefficient (Wildman–Crippen LogP) is 3.81. The van der Waals surface area contributed by atoms with Gasteiger partial charge in [-0.1, -0.05) is 18.2 Å². The average molecular weight is 548 g/mol. The number of hydrogen-bond donors (Lipinski definition) is 2. The standard InChI is InChI=1S/C22H18F6N4O4S/c1-30-19(34)32-10-12-9-15(37(2,35)36)7-8-16(12)17(32)18(33)31-14-5-3-13(4-6-14)20(11-29,21(23,24)25)22(26,27)28/h3-9,17H,10H2,1-2H3,(H,30,34)(H,31,33). The molecule has 2 aromatic rings. The smallest absolute Gasteiger partial charge is 0.341 e. The van der Waals surface area contributed by atoms with Crippen molar-refractivity contribution in [1.82, 2.24) is 10.2 Å². The first-order chi connectivity index (χ1) is 17.0. The lowest BCUT2D eigenvalue weighted by Gasteiger charge is -2.31. The fraction of sp³-hybridized carbons (Fsp3) is 0.318. The van der Waals surface area contributed by atoms with E-state index in [1.165, 1.54) is 25.2 Å². The van der Waals surface area contributed by atoms with E-state index in [9.17, 15) is 44.3 Å². The first kappa shape index (κ1) is 27.8. The molecule has 8 nitrogen and oxygen atoms in total. The molecule has 2 N–H and O–H groups in total. The van der Waals surface area contributed by atoms with Crippen molar-refractivity contribution in [2.45, 2.75) is 35.2 Å². The van der Waals surface area contributed by atoms with Crippen LogP contribution in [0.1, 0.15) is 22.7 Å². The van der Waals surface area contributed by atoms with Crippen molar-refractivity contribution in [3.8, 4) is 6.07 Å². The van der Waals surface area contributed by atoms with Gasteiger partial charge in [-0.3, -0.25) is 4.79 Å². The van der Waals surface area contributed by atoms with Crippen molar-refractivity contribution in [2.24, 2.45) is 0 Å². The second kappa shape index (κ2) is 9.25. The van der Waals surface area contributed by atoms with Crippen molar-refractivity contribution < 1.29 is 44.3 Å². The molecule has 3 rings (SSSR count). The fourth-order valence-corrected chi connectivity index (χ4v) is 4.64. The van der Waals surface area contributed by atoms with Crippen LogP contribution >= 0.6 is 0 Å². The Labute approximate surface area is 206 Å². The minimum Gasteiger partial charge on any atom is -0.341 e. The fourth-order valence-electron chi connectivity index (χ4n) is 3.97. The van der Waals surface area contributed by atoms with E-state index in [0.29, 0.717) is 23.8 Å². The SMILES string of the molecule is CNC(=O)N1Cc2cc(S(C)(=O)=O)ccc2C1C(=O)Nc1ccc(C(C#N)(C(F)(F)F)C(F)(F)F)cc1. The highest BCUT2D eigenvalue weighted by molar-refractivity contribution is 7.90. The number of carbonyl (C=O) groups is 2. The molecule has 198 valence electrons. The van der Waals surface area contributed by atoms with Gasteiger partial charge in [-0.15, -0.1) is 0 Å². The summed E-state index contributed by atoms with van der Waals surface area (Å²) in [5.41, 5.74) is -5.73. The number of sulfone groups is 1. The summed E-state index contributed by atoms with van der Waals surface area (Å²) in [6.07, 6.45) is -11.0. The van der Waals surface area contributed by atoms with Crippen LogP contribution in [0.5, 0.6) is 0 Å². The van der Waals surface area contributed by atoms with Crippen LogP contribution in [0.15, 0.2) is 47.4 Å². The summed E-state index contributed by atoms with van der Waals surface area (Å²) < 4.78 is 104. The van der Waals surface area contributed by atoms with Gasteiger partial charge < -0.3 is 15.5 Å². The number of carbonyl (C=O) groups excluding carboxylic acids is 2. The summed E-state index contributed by atoms with van der Waals surface area (Å²) in [5, 5.41) is 13.6. The van der Waals surface area contributed by atoms with Gasteiger partial charge in [-0.05, 0) is 41.0 Å². The summed E-state index contributed by atoms with van der Waals surface area (Å²) in [6, 6.07) is 4.64. The number of rotatable bonds is 4. The van der Waals surface area contributed by atoms with Crippen LogP contribution in [0, 0.1) is 11.3 Å². The van der Waals surface area contributed by atoms with E-state index < -0.39 is 51.1 Å². The van der Waals surface area contributed by atoms with Gasteiger partial charge in [0.15, 0.2) is 9.84 Å². The van der Waals surface area contributed by atoms with Gasteiger partial charge in [0.05, 0.1) is 11.0 Å². The van der Waals surface area contributed by atoms with E-state index in [1.807, 2.05) is 0 Å². The Bertz CT molecular complexity index is 1370. The largest absolute Gasteiger partial charge is 0.420 e. The zero-order valence-corrected chi connectivity index (χ0v) is 19.8. The molecule has 37 heavy (non-hydrogen) atoms. The number of nitrogens with one attached hydrogen (secondary N) is 2. The maximum absolute atomic E-state index is 13.4. The number of hydrogen-bond acceptors (Lipinski definition) is 5. The highest BCUT2D eigenvalue weighted by atomic mass is 32.2. The number of fused-ring (bicyclic) bond motifs is 1. The Morgan fingerprint density at radius 3 is 2.05 bits per heavy atom. The summed E-state index contributed by atoms with van der Waals surface area (Å²) >= 11 is 0. The summed E-state index contributed by atoms with van der Waals surface area (Å²) in [7, 11) is -2.30. The second-order valence-corrected chi connectivity index (χ2v) is 10.2. The second-order valence-electron chi connectivity index (χ2n) is 8.14. The van der Waals surface area contributed by atoms with Crippen molar-refractivity contribution in [2.75, 3.05) is 18.6 Å². The zero-order valence-electron chi connectivity index (χ0n) is 19.0. The van der Waals surface area contributed by atoms with Crippen LogP contribution in [0.4, 0.5) is 36.8 Å². The Morgan fingerprint density at radius 2 is 1.59 bits per heavy atom. The van der Waals surface area contributed by atoms with Gasteiger partial charge in [0.2, 0.25) is 0 Å². The molecule has 0 saturated heterocycles. The topological polar surface area (TPSA) is 119 Å². The lowest BCUT2D eigenvalue weighted by Crippen LogP contribution is -2.52. The number of amides is 3. The maximum Gasteiger partial charge on any atom is 0.420 e. The average Bonchev–Trinajstić information content (AvgIpc) is 3.17. The minimum atomic E-state index is -5.98. The summed E-state index contributed by atoms with van der Waals surface area (Å²) in [4.78, 5) is 26.5. The molecule has 3 amide bonds. The van der Waals surface area contributed by atoms with E-state index in [4.69, 9.17) is 5.26 Å². The van der Waals surface area contributed by atoms with Crippen LogP contribution in [-0.2, 0) is 26.6 Å². The van der Waals surface area contributed by atoms with Gasteiger partial charge in [-0.2, -0.15) is 31.6 Å². The van der Waals surface area contributed by atoms with Crippen molar-refractivity contribution in [1.29, 1.82) is 5.26 Å². The minimum absolute atomic E-state index is 0.0462. The van der Waals surface area contributed by atoms with Crippen molar-refractivity contribution in [3.05, 3.63) is 59.2 Å². The van der Waals surface area contributed by atoms with Gasteiger partial charge in [0.1, 0.15) is 6.04 Å². The molecule has 2 aromatic carbocycles. The summed E-state index contributed by atoms with van der Waals surface area (Å²) in [6.45, 7) is -0.142. The summed E-state index contributed by atoms with van der Waals surface area (Å²) in [5.74, 6) is -0.861. The molecule has 1 aliphatic heterocycles. The number of anilines is 1. The highest BCUT2D eigenvalue weighted by Gasteiger charge is 2.72. The molecule has 15 heteroatoms. The molecule has 0 bridgehead atoms. The third-order valence-electron chi connectivity index (χ3n) is 5.82. The van der Waals surface area contributed by atoms with Crippen LogP contribution < -0.4 is 10.6 Å². The number of halogens is 6. The van der Waals surface area contributed by atoms with Gasteiger partial charge in [0, 0.05) is 25.5 Å². The van der Waals surface area contributed by atoms with E-state index in [1.54, 1.807) is 0 Å². The third kappa shape index (κ3) is 4.80. The first-order valence-corrected chi connectivity index (χ1v) is 12.1. The lowest BCUT2D eigenvalue weighted by atomic mass is 9.80. The molecule has 0 saturated carbocycles. The molecule has 0 aromatic heterocycles. The Balaban J connectivity index is 1.96. The maximum atomic E-state index is 13.4. The van der Waals surface area contributed by atoms with Crippen LogP contribution in [0.2, 0.25) is 0 Å². The Morgan fingerprint density at radius 1 is 1.03 bits per heavy atom. The van der Waals surface area contributed by atoms with Gasteiger partial charge in [-0.25, -0.2) is 13.2 Å². The van der Waals surface area contributed by atoms with Gasteiger partial charge >= 0.3 is 18.4 Å². The Kier molecular flexibility index (Phi) is 6.95. The molecule has 1 atom stereocenters. The normalized spacial score (nSPS) is 16.1. The number of nitrogens with zero attached hydrogens (tertiary/aromatic N) is 2. The van der Waals surface area contributed by atoms with Crippen molar-refractivity contribution in [3.63, 3.8) is 0 Å². The number of urea groups is 1. The van der Waals surface area contributed by atoms with Crippen LogP contribution in [-0.4, -0.2) is 50.9 Å². The highest BCUT2D eigenvalue weighted by Crippen LogP contribution is 2.51. The molecule has 1 aliphatic rings. The van der Waals surface area contributed by atoms with Crippen molar-refractivity contribution >= 4 is 27.5 Å². The third-order valence-corrected chi connectivity index (χ3v) is 6.93. The molecular weight excluding hydrogens is 530 g/mol. The lowest BCUT2D eigenvalue weighted by molar-refractivity contribution is -0.283. The van der Waals surface area contributed by atoms with E-state index >= 15 is 0 Å². The first-order valence-electron chi connectivity index (χ1n) is 10.2. The van der Waals surface area contributed by atoms with Gasteiger partial charge in [0.25, 0.3) is 11.3 Å². The monoisotopic (exact) mass is 548 g/mol. The zero-order chi connectivity index (χ0) is 28.0. The number of alkyl halides is 6. The Hall–Kier alpha value is -3.80. The van der Waals surface area contributed by atoms with E-state index in [-0.39, 0.29) is 22.7 Å². The quantitative estimate of drug-likeness (QED) is 0.564. The molecule has 0 radical (unpaired) electrons. The van der Waals surface area contributed by atoms with E-state index in [0.717, 1.165) is 23.3 Å². The number of nitriles is 1. The molecule has 1 heterocycles. The molecule has 0 aliphatic carbocycles. The molecule has 1 unspecified atom stereocenters. The van der Waals surface area contributed by atoms with E-state index in [2.05, 4.69) is 10.6 Å². The van der Waals surface area contributed by atoms with Crippen LogP contribution in [0.25, 0.3) is 0 Å².